The van der Waals surface area contributed by atoms with Gasteiger partial charge in [-0.15, -0.1) is 0 Å². The minimum absolute atomic E-state index is 0.00853. The summed E-state index contributed by atoms with van der Waals surface area (Å²) >= 11 is 5.92. The molecule has 0 saturated heterocycles. The zero-order valence-electron chi connectivity index (χ0n) is 18.4. The number of esters is 1. The molecule has 0 aliphatic carbocycles. The second kappa shape index (κ2) is 10.3. The van der Waals surface area contributed by atoms with E-state index in [1.807, 2.05) is 39.8 Å². The molecular weight excluding hydrogens is 428 g/mol. The molecule has 166 valence electrons. The van der Waals surface area contributed by atoms with Gasteiger partial charge in [0.15, 0.2) is 11.5 Å². The Kier molecular flexibility index (Phi) is 7.54. The number of hydrogen-bond donors (Lipinski definition) is 0. The number of benzene rings is 3. The van der Waals surface area contributed by atoms with Crippen molar-refractivity contribution in [3.05, 3.63) is 88.4 Å². The van der Waals surface area contributed by atoms with Gasteiger partial charge in [-0.25, -0.2) is 9.59 Å². The van der Waals surface area contributed by atoms with E-state index in [-0.39, 0.29) is 23.3 Å². The lowest BCUT2D eigenvalue weighted by atomic mass is 9.94. The van der Waals surface area contributed by atoms with E-state index in [1.54, 1.807) is 54.6 Å². The molecule has 6 heteroatoms. The van der Waals surface area contributed by atoms with Crippen LogP contribution in [0.25, 0.3) is 0 Å². The maximum atomic E-state index is 12.8. The molecule has 0 radical (unpaired) electrons. The van der Waals surface area contributed by atoms with Crippen molar-refractivity contribution in [1.82, 2.24) is 0 Å². The monoisotopic (exact) mass is 452 g/mol. The van der Waals surface area contributed by atoms with Crippen LogP contribution in [0.2, 0.25) is 5.02 Å². The molecule has 3 aromatic carbocycles. The maximum absolute atomic E-state index is 12.8. The molecule has 3 aromatic rings. The first kappa shape index (κ1) is 23.4. The van der Waals surface area contributed by atoms with Gasteiger partial charge in [0.05, 0.1) is 5.56 Å². The SMILES string of the molecule is CC(C)c1cc(OC(=O)Oc2ccccc2)c(OC(=O)c2ccc(Cl)cc2)c(C(C)C)c1. The molecule has 0 unspecified atom stereocenters. The van der Waals surface area contributed by atoms with Crippen molar-refractivity contribution in [2.24, 2.45) is 0 Å². The molecule has 0 fully saturated rings. The summed E-state index contributed by atoms with van der Waals surface area (Å²) in [4.78, 5) is 25.3. The van der Waals surface area contributed by atoms with Gasteiger partial charge in [0.2, 0.25) is 0 Å². The van der Waals surface area contributed by atoms with Crippen LogP contribution in [0.15, 0.2) is 66.7 Å². The molecule has 0 aliphatic rings. The summed E-state index contributed by atoms with van der Waals surface area (Å²) in [5.74, 6) is 0.260. The van der Waals surface area contributed by atoms with Crippen molar-refractivity contribution in [3.63, 3.8) is 0 Å². The lowest BCUT2D eigenvalue weighted by Gasteiger charge is -2.19. The van der Waals surface area contributed by atoms with Gasteiger partial charge >= 0.3 is 12.1 Å². The van der Waals surface area contributed by atoms with Crippen LogP contribution in [0.1, 0.15) is 61.0 Å². The molecule has 5 nitrogen and oxygen atoms in total. The van der Waals surface area contributed by atoms with Crippen molar-refractivity contribution < 1.29 is 23.8 Å². The molecule has 0 saturated carbocycles. The van der Waals surface area contributed by atoms with Gasteiger partial charge in [0.1, 0.15) is 5.75 Å². The number of carbonyl (C=O) groups is 2. The van der Waals surface area contributed by atoms with E-state index in [9.17, 15) is 9.59 Å². The highest BCUT2D eigenvalue weighted by atomic mass is 35.5. The molecule has 0 amide bonds. The molecule has 32 heavy (non-hydrogen) atoms. The van der Waals surface area contributed by atoms with E-state index >= 15 is 0 Å². The average molecular weight is 453 g/mol. The third-order valence-corrected chi connectivity index (χ3v) is 5.06. The Hall–Kier alpha value is -3.31. The van der Waals surface area contributed by atoms with Crippen LogP contribution >= 0.6 is 11.6 Å². The largest absolute Gasteiger partial charge is 0.519 e. The average Bonchev–Trinajstić information content (AvgIpc) is 2.75. The van der Waals surface area contributed by atoms with Crippen LogP contribution < -0.4 is 14.2 Å². The fourth-order valence-electron chi connectivity index (χ4n) is 3.03. The summed E-state index contributed by atoms with van der Waals surface area (Å²) in [6.45, 7) is 8.02. The topological polar surface area (TPSA) is 61.8 Å². The van der Waals surface area contributed by atoms with E-state index in [1.165, 1.54) is 0 Å². The zero-order chi connectivity index (χ0) is 23.3. The summed E-state index contributed by atoms with van der Waals surface area (Å²) < 4.78 is 16.5. The Bertz CT molecular complexity index is 1090. The molecule has 0 spiro atoms. The Labute approximate surface area is 192 Å². The third kappa shape index (κ3) is 5.89. The summed E-state index contributed by atoms with van der Waals surface area (Å²) in [5.41, 5.74) is 2.03. The summed E-state index contributed by atoms with van der Waals surface area (Å²) in [7, 11) is 0. The van der Waals surface area contributed by atoms with E-state index in [0.29, 0.717) is 16.3 Å². The number of ether oxygens (including phenoxy) is 3. The Morgan fingerprint density at radius 1 is 0.781 bits per heavy atom. The standard InChI is InChI=1S/C26H25ClO5/c1-16(2)19-14-22(17(3)4)24(32-25(28)18-10-12-20(27)13-11-18)23(15-19)31-26(29)30-21-8-6-5-7-9-21/h5-17H,1-4H3. The minimum atomic E-state index is -0.921. The van der Waals surface area contributed by atoms with Gasteiger partial charge in [-0.05, 0) is 59.9 Å². The number of para-hydroxylation sites is 1. The predicted octanol–water partition coefficient (Wildman–Crippen LogP) is 7.38. The van der Waals surface area contributed by atoms with Gasteiger partial charge in [-0.3, -0.25) is 0 Å². The van der Waals surface area contributed by atoms with Crippen LogP contribution in [-0.4, -0.2) is 12.1 Å². The van der Waals surface area contributed by atoms with Crippen molar-refractivity contribution in [1.29, 1.82) is 0 Å². The molecule has 3 rings (SSSR count). The van der Waals surface area contributed by atoms with E-state index in [0.717, 1.165) is 11.1 Å². The van der Waals surface area contributed by atoms with Crippen LogP contribution in [0, 0.1) is 0 Å². The molecule has 0 heterocycles. The van der Waals surface area contributed by atoms with Gasteiger partial charge in [0, 0.05) is 10.6 Å². The van der Waals surface area contributed by atoms with Crippen molar-refractivity contribution in [2.45, 2.75) is 39.5 Å². The lowest BCUT2D eigenvalue weighted by Crippen LogP contribution is -2.17. The number of halogens is 1. The van der Waals surface area contributed by atoms with E-state index in [2.05, 4.69) is 0 Å². The summed E-state index contributed by atoms with van der Waals surface area (Å²) in [6, 6.07) is 18.6. The second-order valence-corrected chi connectivity index (χ2v) is 8.35. The first-order valence-electron chi connectivity index (χ1n) is 10.3. The van der Waals surface area contributed by atoms with Crippen LogP contribution in [0.5, 0.6) is 17.2 Å². The zero-order valence-corrected chi connectivity index (χ0v) is 19.2. The van der Waals surface area contributed by atoms with Crippen molar-refractivity contribution in [2.75, 3.05) is 0 Å². The van der Waals surface area contributed by atoms with Gasteiger partial charge in [0.25, 0.3) is 0 Å². The minimum Gasteiger partial charge on any atom is -0.419 e. The highest BCUT2D eigenvalue weighted by Gasteiger charge is 2.23. The van der Waals surface area contributed by atoms with Crippen LogP contribution in [0.4, 0.5) is 4.79 Å². The predicted molar refractivity (Wildman–Crippen MR) is 124 cm³/mol. The molecule has 0 aliphatic heterocycles. The van der Waals surface area contributed by atoms with Gasteiger partial charge in [-0.2, -0.15) is 0 Å². The Morgan fingerprint density at radius 2 is 1.44 bits per heavy atom. The van der Waals surface area contributed by atoms with Crippen LogP contribution in [0.3, 0.4) is 0 Å². The van der Waals surface area contributed by atoms with E-state index < -0.39 is 12.1 Å². The summed E-state index contributed by atoms with van der Waals surface area (Å²) in [5, 5.41) is 0.512. The molecule has 0 atom stereocenters. The Morgan fingerprint density at radius 3 is 2.03 bits per heavy atom. The number of carbonyl (C=O) groups excluding carboxylic acids is 2. The molecule has 0 bridgehead atoms. The van der Waals surface area contributed by atoms with Gasteiger partial charge in [-0.1, -0.05) is 63.6 Å². The second-order valence-electron chi connectivity index (χ2n) is 7.91. The first-order chi connectivity index (χ1) is 15.2. The highest BCUT2D eigenvalue weighted by Crippen LogP contribution is 2.40. The van der Waals surface area contributed by atoms with E-state index in [4.69, 9.17) is 25.8 Å². The van der Waals surface area contributed by atoms with Crippen molar-refractivity contribution >= 4 is 23.7 Å². The van der Waals surface area contributed by atoms with Crippen molar-refractivity contribution in [3.8, 4) is 17.2 Å². The molecule has 0 aromatic heterocycles. The smallest absolute Gasteiger partial charge is 0.419 e. The first-order valence-corrected chi connectivity index (χ1v) is 10.7. The summed E-state index contributed by atoms with van der Waals surface area (Å²) in [6.07, 6.45) is -0.921. The fraction of sp³-hybridized carbons (Fsp3) is 0.231. The van der Waals surface area contributed by atoms with Gasteiger partial charge < -0.3 is 14.2 Å². The number of rotatable bonds is 6. The Balaban J connectivity index is 1.97. The quantitative estimate of drug-likeness (QED) is 0.222. The number of hydrogen-bond acceptors (Lipinski definition) is 5. The molecular formula is C26H25ClO5. The third-order valence-electron chi connectivity index (χ3n) is 4.81. The maximum Gasteiger partial charge on any atom is 0.519 e. The molecule has 0 N–H and O–H groups in total. The highest BCUT2D eigenvalue weighted by molar-refractivity contribution is 6.30. The lowest BCUT2D eigenvalue weighted by molar-refractivity contribution is 0.0724. The normalized spacial score (nSPS) is 10.8. The fourth-order valence-corrected chi connectivity index (χ4v) is 3.15. The van der Waals surface area contributed by atoms with Crippen LogP contribution in [-0.2, 0) is 0 Å².